The molecule has 0 radical (unpaired) electrons. The summed E-state index contributed by atoms with van der Waals surface area (Å²) in [6.07, 6.45) is 2.10. The van der Waals surface area contributed by atoms with Gasteiger partial charge in [0.05, 0.1) is 39.2 Å². The molecule has 440 valence electrons. The summed E-state index contributed by atoms with van der Waals surface area (Å²) in [6, 6.07) is 8.67. The summed E-state index contributed by atoms with van der Waals surface area (Å²) in [5, 5.41) is 0. The summed E-state index contributed by atoms with van der Waals surface area (Å²) in [6.45, 7) is 36.8. The maximum Gasteiger partial charge on any atom is 0.534 e. The number of halogens is 3. The van der Waals surface area contributed by atoms with Gasteiger partial charge in [-0.2, -0.15) is 21.6 Å². The molecular formula is C53H80B3F3N2O17S. The highest BCUT2D eigenvalue weighted by molar-refractivity contribution is 7.88. The van der Waals surface area contributed by atoms with Crippen LogP contribution in [0.5, 0.6) is 17.2 Å². The zero-order valence-electron chi connectivity index (χ0n) is 49.0. The Morgan fingerprint density at radius 2 is 0.886 bits per heavy atom. The minimum atomic E-state index is -5.94. The van der Waals surface area contributed by atoms with Gasteiger partial charge in [-0.25, -0.2) is 9.59 Å². The molecule has 0 spiro atoms. The van der Waals surface area contributed by atoms with Crippen LogP contribution in [0.15, 0.2) is 36.4 Å². The van der Waals surface area contributed by atoms with Crippen molar-refractivity contribution in [2.45, 2.75) is 213 Å². The van der Waals surface area contributed by atoms with Gasteiger partial charge >= 0.3 is 48.9 Å². The number of rotatable bonds is 10. The van der Waals surface area contributed by atoms with Gasteiger partial charge in [0.15, 0.2) is 12.0 Å². The SMILES string of the molecule is CC(C)(C)OC(=O)N1CCC(Oc2ccc(C=O)c(B3OC(C)(C)C(C)(C)O3)c2)CC1.CC(C)(C)OC(=O)N1CCC(Oc2ccc(C=O)c(OS(=O)(=O)C(F)(F)F)c2)CC1.CC1(C)OB(B2OC(C)(C)C(C)(C)O2)OC1(C)C. The molecule has 2 aromatic rings. The molecule has 5 saturated heterocycles. The third kappa shape index (κ3) is 16.5. The summed E-state index contributed by atoms with van der Waals surface area (Å²) in [5.74, 6) is -0.0965. The number of hydrogen-bond acceptors (Lipinski definition) is 17. The number of piperidine rings is 2. The van der Waals surface area contributed by atoms with Crippen LogP contribution in [-0.4, -0.2) is 153 Å². The standard InChI is InChI=1S/C23H34BNO6.C18H22F3NO7S.C12H24B2O4/c1-21(2,3)29-20(27)25-12-10-17(11-13-25)28-18-9-8-16(15-26)19(14-18)24-30-22(4,5)23(6,7)31-24;1-17(2,3)28-16(24)22-8-6-13(7-9-22)27-14-5-4-12(11-23)15(10-14)29-30(25,26)18(19,20)21;1-9(2)10(3,4)16-13(15-9)14-17-11(5,6)12(7,8)18-14/h8-9,14-15,17H,10-13H2,1-7H3;4-5,10-11,13H,6-9H2,1-3H3;1-8H3. The van der Waals surface area contributed by atoms with Crippen molar-refractivity contribution in [3.8, 4) is 17.2 Å². The third-order valence-electron chi connectivity index (χ3n) is 14.8. The quantitative estimate of drug-likeness (QED) is 0.0939. The number of hydrogen-bond donors (Lipinski definition) is 0. The maximum absolute atomic E-state index is 12.6. The zero-order valence-corrected chi connectivity index (χ0v) is 49.9. The second-order valence-corrected chi connectivity index (χ2v) is 26.7. The normalized spacial score (nSPS) is 21.7. The van der Waals surface area contributed by atoms with E-state index in [0.29, 0.717) is 68.6 Å². The van der Waals surface area contributed by atoms with E-state index in [1.165, 1.54) is 11.0 Å². The Balaban J connectivity index is 0.000000226. The number of amides is 2. The molecule has 5 heterocycles. The highest BCUT2D eigenvalue weighted by atomic mass is 32.2. The van der Waals surface area contributed by atoms with Gasteiger partial charge < -0.3 is 60.9 Å². The van der Waals surface area contributed by atoms with E-state index in [1.807, 2.05) is 110 Å². The smallest absolute Gasteiger partial charge is 0.490 e. The summed E-state index contributed by atoms with van der Waals surface area (Å²) in [7, 11) is -7.53. The van der Waals surface area contributed by atoms with Gasteiger partial charge in [0.2, 0.25) is 0 Å². The highest BCUT2D eigenvalue weighted by Crippen LogP contribution is 2.43. The lowest BCUT2D eigenvalue weighted by molar-refractivity contribution is -0.0500. The van der Waals surface area contributed by atoms with Crippen LogP contribution in [0, 0.1) is 0 Å². The number of likely N-dealkylation sites (tertiary alicyclic amines) is 2. The molecule has 0 aliphatic carbocycles. The van der Waals surface area contributed by atoms with E-state index < -0.39 is 71.0 Å². The van der Waals surface area contributed by atoms with E-state index in [4.69, 9.17) is 46.9 Å². The molecule has 5 fully saturated rings. The number of aldehydes is 2. The maximum atomic E-state index is 12.6. The fraction of sp³-hybridized carbons (Fsp3) is 0.698. The van der Waals surface area contributed by atoms with Crippen molar-refractivity contribution >= 4 is 61.5 Å². The Bertz CT molecular complexity index is 2520. The van der Waals surface area contributed by atoms with Crippen molar-refractivity contribution in [1.29, 1.82) is 0 Å². The molecule has 7 rings (SSSR count). The first-order valence-electron chi connectivity index (χ1n) is 26.5. The van der Waals surface area contributed by atoms with Crippen molar-refractivity contribution < 1.29 is 91.8 Å². The molecule has 0 aromatic heterocycles. The minimum absolute atomic E-state index is 0.0214. The van der Waals surface area contributed by atoms with Crippen molar-refractivity contribution in [3.05, 3.63) is 47.5 Å². The van der Waals surface area contributed by atoms with Crippen molar-refractivity contribution in [2.24, 2.45) is 0 Å². The van der Waals surface area contributed by atoms with Gasteiger partial charge in [0, 0.05) is 63.5 Å². The number of alkyl halides is 3. The molecule has 79 heavy (non-hydrogen) atoms. The second kappa shape index (κ2) is 23.7. The van der Waals surface area contributed by atoms with Crippen molar-refractivity contribution in [1.82, 2.24) is 9.80 Å². The van der Waals surface area contributed by atoms with Crippen LogP contribution in [-0.2, 0) is 47.5 Å². The molecule has 0 N–H and O–H groups in total. The first-order chi connectivity index (χ1) is 35.9. The topological polar surface area (TPSA) is 210 Å². The lowest BCUT2D eigenvalue weighted by atomic mass is 9.49. The van der Waals surface area contributed by atoms with E-state index in [2.05, 4.69) is 4.18 Å². The number of ether oxygens (including phenoxy) is 4. The van der Waals surface area contributed by atoms with E-state index in [-0.39, 0.29) is 58.3 Å². The number of carbonyl (C=O) groups excluding carboxylic acids is 4. The second-order valence-electron chi connectivity index (χ2n) is 25.1. The molecule has 5 aliphatic rings. The Kier molecular flexibility index (Phi) is 19.6. The van der Waals surface area contributed by atoms with E-state index in [0.717, 1.165) is 18.4 Å². The third-order valence-corrected chi connectivity index (χ3v) is 15.8. The van der Waals surface area contributed by atoms with Gasteiger partial charge in [-0.3, -0.25) is 9.59 Å². The first kappa shape index (κ1) is 65.2. The average Bonchev–Trinajstić information content (AvgIpc) is 4.01. The molecule has 0 unspecified atom stereocenters. The summed E-state index contributed by atoms with van der Waals surface area (Å²) in [5.41, 5.74) is -8.40. The van der Waals surface area contributed by atoms with Gasteiger partial charge in [-0.05, 0) is 160 Å². The van der Waals surface area contributed by atoms with E-state index >= 15 is 0 Å². The highest BCUT2D eigenvalue weighted by Gasteiger charge is 2.64. The zero-order chi connectivity index (χ0) is 59.8. The summed E-state index contributed by atoms with van der Waals surface area (Å²) in [4.78, 5) is 50.2. The Hall–Kier alpha value is -4.59. The number of benzene rings is 2. The largest absolute Gasteiger partial charge is 0.534 e. The van der Waals surface area contributed by atoms with Crippen molar-refractivity contribution in [2.75, 3.05) is 26.2 Å². The molecule has 2 aromatic carbocycles. The van der Waals surface area contributed by atoms with Crippen LogP contribution < -0.4 is 19.1 Å². The molecule has 26 heteroatoms. The molecule has 19 nitrogen and oxygen atoms in total. The van der Waals surface area contributed by atoms with Crippen LogP contribution in [0.4, 0.5) is 22.8 Å². The van der Waals surface area contributed by atoms with Gasteiger partial charge in [0.1, 0.15) is 41.2 Å². The van der Waals surface area contributed by atoms with Crippen LogP contribution in [0.3, 0.4) is 0 Å². The summed E-state index contributed by atoms with van der Waals surface area (Å²) >= 11 is 0. The van der Waals surface area contributed by atoms with Crippen LogP contribution in [0.25, 0.3) is 0 Å². The lowest BCUT2D eigenvalue weighted by Gasteiger charge is -2.33. The predicted octanol–water partition coefficient (Wildman–Crippen LogP) is 9.33. The molecule has 0 saturated carbocycles. The summed E-state index contributed by atoms with van der Waals surface area (Å²) < 4.78 is 123. The first-order valence-corrected chi connectivity index (χ1v) is 27.9. The fourth-order valence-corrected chi connectivity index (χ4v) is 8.66. The molecular weight excluding hydrogens is 1060 g/mol. The fourth-order valence-electron chi connectivity index (χ4n) is 8.18. The molecule has 0 bridgehead atoms. The molecule has 2 amide bonds. The monoisotopic (exact) mass is 1140 g/mol. The van der Waals surface area contributed by atoms with Crippen molar-refractivity contribution in [3.63, 3.8) is 0 Å². The average molecular weight is 1140 g/mol. The van der Waals surface area contributed by atoms with Crippen LogP contribution >= 0.6 is 0 Å². The Labute approximate surface area is 465 Å². The van der Waals surface area contributed by atoms with Gasteiger partial charge in [0.25, 0.3) is 0 Å². The molecule has 0 atom stereocenters. The van der Waals surface area contributed by atoms with Gasteiger partial charge in [-0.15, -0.1) is 0 Å². The number of nitrogens with zero attached hydrogens (tertiary/aromatic N) is 2. The Morgan fingerprint density at radius 3 is 1.22 bits per heavy atom. The minimum Gasteiger partial charge on any atom is -0.490 e. The van der Waals surface area contributed by atoms with E-state index in [9.17, 15) is 40.8 Å². The van der Waals surface area contributed by atoms with Gasteiger partial charge in [-0.1, -0.05) is 0 Å². The lowest BCUT2D eigenvalue weighted by Crippen LogP contribution is -2.44. The molecule has 5 aliphatic heterocycles. The van der Waals surface area contributed by atoms with E-state index in [1.54, 1.807) is 37.8 Å². The predicted molar refractivity (Wildman–Crippen MR) is 290 cm³/mol. The van der Waals surface area contributed by atoms with Crippen LogP contribution in [0.2, 0.25) is 0 Å². The van der Waals surface area contributed by atoms with Crippen LogP contribution in [0.1, 0.15) is 171 Å². The Morgan fingerprint density at radius 1 is 0.557 bits per heavy atom. The number of carbonyl (C=O) groups is 4.